The number of alkyl carbamates (subject to hydrolysis) is 1. The molecule has 2 amide bonds. The summed E-state index contributed by atoms with van der Waals surface area (Å²) in [5.41, 5.74) is 0.208. The van der Waals surface area contributed by atoms with Crippen LogP contribution in [0.1, 0.15) is 58.9 Å². The minimum atomic E-state index is -0.708. The van der Waals surface area contributed by atoms with Gasteiger partial charge in [0.15, 0.2) is 0 Å². The van der Waals surface area contributed by atoms with Crippen molar-refractivity contribution in [2.75, 3.05) is 0 Å². The number of carbonyl (C=O) groups is 2. The average Bonchev–Trinajstić information content (AvgIpc) is 3.04. The molecule has 0 aliphatic heterocycles. The average molecular weight is 363 g/mol. The number of rotatable bonds is 6. The zero-order valence-corrected chi connectivity index (χ0v) is 16.0. The molecule has 7 heteroatoms. The standard InChI is InChI=1S/C19H29N3O4/c1-13(22-18(24)26-19(2,3)4)16(23)21-12-14-8-7-11-20-17(14)25-15-9-5-6-10-15/h7-8,11,13,15H,5-6,9-10,12H2,1-4H3,(H,21,23)(H,22,24). The number of pyridine rings is 1. The van der Waals surface area contributed by atoms with E-state index in [0.717, 1.165) is 18.4 Å². The van der Waals surface area contributed by atoms with Gasteiger partial charge < -0.3 is 20.1 Å². The molecule has 0 spiro atoms. The van der Waals surface area contributed by atoms with Gasteiger partial charge in [-0.15, -0.1) is 0 Å². The predicted octanol–water partition coefficient (Wildman–Crippen LogP) is 2.93. The fraction of sp³-hybridized carbons (Fsp3) is 0.632. The van der Waals surface area contributed by atoms with Crippen molar-refractivity contribution in [3.05, 3.63) is 23.9 Å². The first kappa shape index (κ1) is 20.0. The number of hydrogen-bond acceptors (Lipinski definition) is 5. The Morgan fingerprint density at radius 2 is 2.00 bits per heavy atom. The largest absolute Gasteiger partial charge is 0.474 e. The lowest BCUT2D eigenvalue weighted by molar-refractivity contribution is -0.122. The van der Waals surface area contributed by atoms with E-state index in [1.165, 1.54) is 12.8 Å². The highest BCUT2D eigenvalue weighted by atomic mass is 16.6. The topological polar surface area (TPSA) is 89.5 Å². The van der Waals surface area contributed by atoms with Crippen LogP contribution in [-0.2, 0) is 16.1 Å². The highest BCUT2D eigenvalue weighted by Gasteiger charge is 2.22. The molecule has 144 valence electrons. The molecule has 0 aromatic carbocycles. The smallest absolute Gasteiger partial charge is 0.408 e. The second-order valence-corrected chi connectivity index (χ2v) is 7.58. The van der Waals surface area contributed by atoms with Gasteiger partial charge in [-0.25, -0.2) is 9.78 Å². The first-order valence-electron chi connectivity index (χ1n) is 9.12. The minimum absolute atomic E-state index is 0.201. The predicted molar refractivity (Wildman–Crippen MR) is 97.8 cm³/mol. The van der Waals surface area contributed by atoms with Crippen molar-refractivity contribution in [2.45, 2.75) is 77.7 Å². The Labute approximate surface area is 154 Å². The molecular formula is C19H29N3O4. The van der Waals surface area contributed by atoms with E-state index in [-0.39, 0.29) is 18.6 Å². The lowest BCUT2D eigenvalue weighted by atomic mass is 10.2. The third-order valence-corrected chi connectivity index (χ3v) is 4.01. The number of amides is 2. The molecule has 1 atom stereocenters. The number of ether oxygens (including phenoxy) is 2. The van der Waals surface area contributed by atoms with E-state index in [1.54, 1.807) is 33.9 Å². The quantitative estimate of drug-likeness (QED) is 0.811. The molecular weight excluding hydrogens is 334 g/mol. The number of aromatic nitrogens is 1. The second kappa shape index (κ2) is 8.87. The van der Waals surface area contributed by atoms with Gasteiger partial charge in [-0.2, -0.15) is 0 Å². The van der Waals surface area contributed by atoms with Crippen molar-refractivity contribution in [1.29, 1.82) is 0 Å². The zero-order chi connectivity index (χ0) is 19.2. The Hall–Kier alpha value is -2.31. The van der Waals surface area contributed by atoms with Crippen LogP contribution in [0.25, 0.3) is 0 Å². The van der Waals surface area contributed by atoms with Crippen LogP contribution in [-0.4, -0.2) is 34.7 Å². The van der Waals surface area contributed by atoms with Gasteiger partial charge in [-0.3, -0.25) is 4.79 Å². The maximum atomic E-state index is 12.2. The van der Waals surface area contributed by atoms with Gasteiger partial charge in [0.25, 0.3) is 0 Å². The fourth-order valence-corrected chi connectivity index (χ4v) is 2.71. The summed E-state index contributed by atoms with van der Waals surface area (Å²) in [6, 6.07) is 2.98. The summed E-state index contributed by atoms with van der Waals surface area (Å²) >= 11 is 0. The molecule has 1 heterocycles. The van der Waals surface area contributed by atoms with Crippen molar-refractivity contribution in [3.63, 3.8) is 0 Å². The Morgan fingerprint density at radius 3 is 2.65 bits per heavy atom. The molecule has 7 nitrogen and oxygen atoms in total. The Morgan fingerprint density at radius 1 is 1.31 bits per heavy atom. The van der Waals surface area contributed by atoms with Crippen molar-refractivity contribution in [1.82, 2.24) is 15.6 Å². The molecule has 0 bridgehead atoms. The van der Waals surface area contributed by atoms with E-state index >= 15 is 0 Å². The molecule has 1 unspecified atom stereocenters. The molecule has 1 aromatic rings. The van der Waals surface area contributed by atoms with Crippen LogP contribution in [0.4, 0.5) is 4.79 Å². The maximum absolute atomic E-state index is 12.2. The molecule has 0 radical (unpaired) electrons. The summed E-state index contributed by atoms with van der Waals surface area (Å²) < 4.78 is 11.1. The van der Waals surface area contributed by atoms with Crippen LogP contribution in [0.15, 0.2) is 18.3 Å². The van der Waals surface area contributed by atoms with Crippen LogP contribution < -0.4 is 15.4 Å². The number of hydrogen-bond donors (Lipinski definition) is 2. The number of nitrogens with one attached hydrogen (secondary N) is 2. The van der Waals surface area contributed by atoms with E-state index in [9.17, 15) is 9.59 Å². The summed E-state index contributed by atoms with van der Waals surface area (Å²) in [5.74, 6) is 0.263. The molecule has 1 aliphatic carbocycles. The normalized spacial score (nSPS) is 16.0. The van der Waals surface area contributed by atoms with Crippen molar-refractivity contribution in [2.24, 2.45) is 0 Å². The summed E-state index contributed by atoms with van der Waals surface area (Å²) in [7, 11) is 0. The lowest BCUT2D eigenvalue weighted by Gasteiger charge is -2.21. The Kier molecular flexibility index (Phi) is 6.83. The van der Waals surface area contributed by atoms with E-state index in [1.807, 2.05) is 12.1 Å². The van der Waals surface area contributed by atoms with Gasteiger partial charge in [-0.05, 0) is 59.4 Å². The van der Waals surface area contributed by atoms with Gasteiger partial charge in [0.1, 0.15) is 17.7 Å². The van der Waals surface area contributed by atoms with Crippen molar-refractivity contribution < 1.29 is 19.1 Å². The Balaban J connectivity index is 1.85. The first-order chi connectivity index (χ1) is 12.2. The summed E-state index contributed by atoms with van der Waals surface area (Å²) in [6.07, 6.45) is 5.70. The Bertz CT molecular complexity index is 621. The van der Waals surface area contributed by atoms with Crippen LogP contribution in [0.5, 0.6) is 5.88 Å². The molecule has 1 fully saturated rings. The third kappa shape index (κ3) is 6.54. The van der Waals surface area contributed by atoms with E-state index in [4.69, 9.17) is 9.47 Å². The van der Waals surface area contributed by atoms with Crippen LogP contribution in [0.2, 0.25) is 0 Å². The summed E-state index contributed by atoms with van der Waals surface area (Å²) in [4.78, 5) is 28.3. The fourth-order valence-electron chi connectivity index (χ4n) is 2.71. The first-order valence-corrected chi connectivity index (χ1v) is 9.12. The van der Waals surface area contributed by atoms with Gasteiger partial charge in [-0.1, -0.05) is 6.07 Å². The highest BCUT2D eigenvalue weighted by Crippen LogP contribution is 2.24. The van der Waals surface area contributed by atoms with Crippen molar-refractivity contribution >= 4 is 12.0 Å². The molecule has 1 aromatic heterocycles. The molecule has 0 saturated heterocycles. The summed E-state index contributed by atoms with van der Waals surface area (Å²) in [5, 5.41) is 5.33. The molecule has 26 heavy (non-hydrogen) atoms. The second-order valence-electron chi connectivity index (χ2n) is 7.58. The highest BCUT2D eigenvalue weighted by molar-refractivity contribution is 5.85. The molecule has 2 N–H and O–H groups in total. The van der Waals surface area contributed by atoms with Gasteiger partial charge >= 0.3 is 6.09 Å². The van der Waals surface area contributed by atoms with Gasteiger partial charge in [0.05, 0.1) is 0 Å². The number of nitrogens with zero attached hydrogens (tertiary/aromatic N) is 1. The van der Waals surface area contributed by atoms with Crippen LogP contribution in [0.3, 0.4) is 0 Å². The molecule has 2 rings (SSSR count). The van der Waals surface area contributed by atoms with Gasteiger partial charge in [0, 0.05) is 18.3 Å². The van der Waals surface area contributed by atoms with Crippen molar-refractivity contribution in [3.8, 4) is 5.88 Å². The van der Waals surface area contributed by atoms with E-state index < -0.39 is 17.7 Å². The van der Waals surface area contributed by atoms with E-state index in [2.05, 4.69) is 15.6 Å². The molecule has 1 saturated carbocycles. The summed E-state index contributed by atoms with van der Waals surface area (Å²) in [6.45, 7) is 7.20. The van der Waals surface area contributed by atoms with Crippen LogP contribution >= 0.6 is 0 Å². The SMILES string of the molecule is CC(NC(=O)OC(C)(C)C)C(=O)NCc1cccnc1OC1CCCC1. The number of carbonyl (C=O) groups excluding carboxylic acids is 2. The third-order valence-electron chi connectivity index (χ3n) is 4.01. The monoisotopic (exact) mass is 363 g/mol. The zero-order valence-electron chi connectivity index (χ0n) is 16.0. The maximum Gasteiger partial charge on any atom is 0.408 e. The van der Waals surface area contributed by atoms with Gasteiger partial charge in [0.2, 0.25) is 11.8 Å². The van der Waals surface area contributed by atoms with Crippen LogP contribution in [0, 0.1) is 0 Å². The lowest BCUT2D eigenvalue weighted by Crippen LogP contribution is -2.46. The minimum Gasteiger partial charge on any atom is -0.474 e. The van der Waals surface area contributed by atoms with E-state index in [0.29, 0.717) is 5.88 Å². The molecule has 1 aliphatic rings.